The van der Waals surface area contributed by atoms with Crippen LogP contribution in [0.4, 0.5) is 5.69 Å². The van der Waals surface area contributed by atoms with E-state index in [1.807, 2.05) is 0 Å². The molecule has 1 aliphatic heterocycles. The van der Waals surface area contributed by atoms with Crippen molar-refractivity contribution in [2.45, 2.75) is 4.90 Å². The van der Waals surface area contributed by atoms with Crippen LogP contribution in [0.5, 0.6) is 0 Å². The maximum Gasteiger partial charge on any atom is 0.294 e. The predicted octanol–water partition coefficient (Wildman–Crippen LogP) is 0.240. The highest BCUT2D eigenvalue weighted by atomic mass is 32.2. The van der Waals surface area contributed by atoms with Crippen molar-refractivity contribution in [3.05, 3.63) is 24.3 Å². The molecule has 0 amide bonds. The van der Waals surface area contributed by atoms with Crippen LogP contribution in [0.15, 0.2) is 44.4 Å². The molecule has 2 rings (SSSR count). The number of azo groups is 1. The van der Waals surface area contributed by atoms with E-state index in [1.54, 1.807) is 0 Å². The van der Waals surface area contributed by atoms with Gasteiger partial charge in [0.15, 0.2) is 6.67 Å². The van der Waals surface area contributed by atoms with Crippen molar-refractivity contribution in [2.75, 3.05) is 12.4 Å². The van der Waals surface area contributed by atoms with Crippen molar-refractivity contribution < 1.29 is 13.0 Å². The summed E-state index contributed by atoms with van der Waals surface area (Å²) in [4.78, 5) is 3.45. The molecule has 9 heteroatoms. The van der Waals surface area contributed by atoms with Gasteiger partial charge >= 0.3 is 0 Å². The van der Waals surface area contributed by atoms with Crippen LogP contribution in [-0.2, 0) is 10.1 Å². The molecule has 0 aromatic heterocycles. The predicted molar refractivity (Wildman–Crippen MR) is 62.0 cm³/mol. The number of anilines is 1. The molecule has 0 unspecified atom stereocenters. The van der Waals surface area contributed by atoms with Crippen LogP contribution in [0, 0.1) is 0 Å². The van der Waals surface area contributed by atoms with E-state index in [4.69, 9.17) is 16.0 Å². The molecule has 0 saturated heterocycles. The van der Waals surface area contributed by atoms with Crippen LogP contribution in [0.3, 0.4) is 0 Å². The molecule has 0 saturated carbocycles. The molecule has 1 aromatic carbocycles. The summed E-state index contributed by atoms with van der Waals surface area (Å²) in [5.41, 5.74) is 10.8. The number of hydrogen-bond donors (Lipinski definition) is 3. The largest absolute Gasteiger partial charge is 0.399 e. The van der Waals surface area contributed by atoms with Crippen molar-refractivity contribution >= 4 is 21.8 Å². The lowest BCUT2D eigenvalue weighted by Gasteiger charge is -1.95. The van der Waals surface area contributed by atoms with Gasteiger partial charge in [-0.1, -0.05) is 0 Å². The Hall–Kier alpha value is -2.00. The van der Waals surface area contributed by atoms with Gasteiger partial charge in [-0.3, -0.25) is 4.55 Å². The number of nitrogen functional groups attached to an aromatic ring is 1. The summed E-state index contributed by atoms with van der Waals surface area (Å²) < 4.78 is 29.4. The van der Waals surface area contributed by atoms with Crippen molar-refractivity contribution in [2.24, 2.45) is 21.0 Å². The first-order valence-electron chi connectivity index (χ1n) is 4.40. The average molecular weight is 257 g/mol. The Balaban J connectivity index is 0.000000202. The lowest BCUT2D eigenvalue weighted by molar-refractivity contribution is 0.483. The molecule has 0 atom stereocenters. The zero-order valence-corrected chi connectivity index (χ0v) is 9.50. The molecule has 17 heavy (non-hydrogen) atoms. The second-order valence-corrected chi connectivity index (χ2v) is 4.36. The van der Waals surface area contributed by atoms with Crippen LogP contribution in [0.2, 0.25) is 0 Å². The number of nitrogens with two attached hydrogens (primary N) is 2. The fraction of sp³-hybridized carbons (Fsp3) is 0.125. The summed E-state index contributed by atoms with van der Waals surface area (Å²) in [5, 5.41) is 6.85. The molecule has 1 aromatic rings. The van der Waals surface area contributed by atoms with Crippen LogP contribution in [-0.4, -0.2) is 25.6 Å². The summed E-state index contributed by atoms with van der Waals surface area (Å²) in [5.74, 6) is 0.287. The van der Waals surface area contributed by atoms with E-state index in [1.165, 1.54) is 24.3 Å². The summed E-state index contributed by atoms with van der Waals surface area (Å²) >= 11 is 0. The fourth-order valence-electron chi connectivity index (χ4n) is 0.880. The van der Waals surface area contributed by atoms with Gasteiger partial charge in [-0.2, -0.15) is 13.5 Å². The van der Waals surface area contributed by atoms with Crippen LogP contribution < -0.4 is 11.5 Å². The standard InChI is InChI=1S/C6H7NO3S.C2H4N4/c7-5-1-3-6(4-2-5)11(8,9)10;3-2-4-1-5-6-2/h1-4H,7H2,(H,8,9,10);1H2,(H2,3,4). The molecular weight excluding hydrogens is 246 g/mol. The molecule has 1 heterocycles. The molecule has 5 N–H and O–H groups in total. The molecule has 0 fully saturated rings. The van der Waals surface area contributed by atoms with E-state index in [0.717, 1.165) is 0 Å². The molecule has 0 bridgehead atoms. The minimum atomic E-state index is -4.08. The monoisotopic (exact) mass is 257 g/mol. The lowest BCUT2D eigenvalue weighted by Crippen LogP contribution is -2.03. The van der Waals surface area contributed by atoms with Gasteiger partial charge in [0, 0.05) is 5.69 Å². The molecule has 0 aliphatic carbocycles. The van der Waals surface area contributed by atoms with Crippen molar-refractivity contribution in [3.8, 4) is 0 Å². The second-order valence-electron chi connectivity index (χ2n) is 2.94. The average Bonchev–Trinajstić information content (AvgIpc) is 2.69. The lowest BCUT2D eigenvalue weighted by atomic mass is 10.3. The first kappa shape index (κ1) is 13.1. The second kappa shape index (κ2) is 5.37. The molecular formula is C8H11N5O3S. The van der Waals surface area contributed by atoms with Gasteiger partial charge in [0.1, 0.15) is 0 Å². The van der Waals surface area contributed by atoms with Gasteiger partial charge < -0.3 is 11.5 Å². The van der Waals surface area contributed by atoms with Crippen molar-refractivity contribution in [1.29, 1.82) is 0 Å². The first-order valence-corrected chi connectivity index (χ1v) is 5.84. The number of benzene rings is 1. The fourth-order valence-corrected chi connectivity index (χ4v) is 1.36. The number of rotatable bonds is 1. The summed E-state index contributed by atoms with van der Waals surface area (Å²) in [6, 6.07) is 5.29. The third-order valence-corrected chi connectivity index (χ3v) is 2.51. The maximum atomic E-state index is 10.5. The zero-order valence-electron chi connectivity index (χ0n) is 8.68. The Morgan fingerprint density at radius 1 is 1.18 bits per heavy atom. The molecule has 0 spiro atoms. The summed E-state index contributed by atoms with van der Waals surface area (Å²) in [7, 11) is -4.08. The van der Waals surface area contributed by atoms with Crippen LogP contribution in [0.25, 0.3) is 0 Å². The third-order valence-electron chi connectivity index (χ3n) is 1.65. The maximum absolute atomic E-state index is 10.5. The highest BCUT2D eigenvalue weighted by molar-refractivity contribution is 7.85. The number of nitrogens with zero attached hydrogens (tertiary/aromatic N) is 3. The van der Waals surface area contributed by atoms with Gasteiger partial charge in [0.05, 0.1) is 4.90 Å². The first-order chi connectivity index (χ1) is 7.89. The molecule has 92 valence electrons. The quantitative estimate of drug-likeness (QED) is 0.487. The van der Waals surface area contributed by atoms with E-state index in [0.29, 0.717) is 12.4 Å². The van der Waals surface area contributed by atoms with Gasteiger partial charge in [-0.25, -0.2) is 4.99 Å². The number of hydrogen-bond acceptors (Lipinski definition) is 7. The Morgan fingerprint density at radius 2 is 1.76 bits per heavy atom. The Kier molecular flexibility index (Phi) is 4.12. The van der Waals surface area contributed by atoms with E-state index in [9.17, 15) is 8.42 Å². The molecule has 1 aliphatic rings. The van der Waals surface area contributed by atoms with Gasteiger partial charge in [-0.05, 0) is 24.3 Å². The number of aliphatic imine (C=N–C) groups is 1. The van der Waals surface area contributed by atoms with Crippen LogP contribution >= 0.6 is 0 Å². The summed E-state index contributed by atoms with van der Waals surface area (Å²) in [6.45, 7) is 0.409. The van der Waals surface area contributed by atoms with Gasteiger partial charge in [0.2, 0.25) is 5.96 Å². The van der Waals surface area contributed by atoms with Crippen LogP contribution in [0.1, 0.15) is 0 Å². The zero-order chi connectivity index (χ0) is 12.9. The molecule has 8 nitrogen and oxygen atoms in total. The Morgan fingerprint density at radius 3 is 2.06 bits per heavy atom. The highest BCUT2D eigenvalue weighted by Crippen LogP contribution is 2.10. The van der Waals surface area contributed by atoms with Crippen molar-refractivity contribution in [3.63, 3.8) is 0 Å². The minimum Gasteiger partial charge on any atom is -0.399 e. The third kappa shape index (κ3) is 4.57. The highest BCUT2D eigenvalue weighted by Gasteiger charge is 2.06. The van der Waals surface area contributed by atoms with E-state index in [-0.39, 0.29) is 10.9 Å². The Bertz CT molecular complexity index is 532. The van der Waals surface area contributed by atoms with E-state index >= 15 is 0 Å². The van der Waals surface area contributed by atoms with Gasteiger partial charge in [0.25, 0.3) is 10.1 Å². The Labute approximate surface area is 97.8 Å². The SMILES string of the molecule is NC1=NCN=N1.Nc1ccc(S(=O)(=O)O)cc1. The topological polar surface area (TPSA) is 143 Å². The van der Waals surface area contributed by atoms with E-state index in [2.05, 4.69) is 15.2 Å². The molecule has 0 radical (unpaired) electrons. The van der Waals surface area contributed by atoms with Gasteiger partial charge in [-0.15, -0.1) is 5.11 Å². The smallest absolute Gasteiger partial charge is 0.294 e. The van der Waals surface area contributed by atoms with Crippen molar-refractivity contribution in [1.82, 2.24) is 0 Å². The minimum absolute atomic E-state index is 0.147. The normalized spacial score (nSPS) is 13.8. The van der Waals surface area contributed by atoms with E-state index < -0.39 is 10.1 Å². The number of guanidine groups is 1. The summed E-state index contributed by atoms with van der Waals surface area (Å²) in [6.07, 6.45) is 0.